The van der Waals surface area contributed by atoms with Gasteiger partial charge in [0.25, 0.3) is 0 Å². The molecule has 0 heterocycles. The lowest BCUT2D eigenvalue weighted by molar-refractivity contribution is -0.189. The van der Waals surface area contributed by atoms with Gasteiger partial charge in [-0.2, -0.15) is 13.2 Å². The first-order chi connectivity index (χ1) is 9.39. The predicted octanol–water partition coefficient (Wildman–Crippen LogP) is 4.51. The van der Waals surface area contributed by atoms with Crippen molar-refractivity contribution in [2.45, 2.75) is 58.3 Å². The third-order valence-electron chi connectivity index (χ3n) is 4.37. The quantitative estimate of drug-likeness (QED) is 0.861. The first-order valence-electron chi connectivity index (χ1n) is 7.25. The summed E-state index contributed by atoms with van der Waals surface area (Å²) in [7, 11) is 0. The van der Waals surface area contributed by atoms with Crippen molar-refractivity contribution in [3.05, 3.63) is 34.9 Å². The predicted molar refractivity (Wildman–Crippen MR) is 74.6 cm³/mol. The molecule has 1 aromatic carbocycles. The number of rotatable bonds is 3. The molecule has 1 aromatic rings. The summed E-state index contributed by atoms with van der Waals surface area (Å²) < 4.78 is 39.1. The van der Waals surface area contributed by atoms with Gasteiger partial charge in [0.2, 0.25) is 0 Å². The molecule has 1 aliphatic rings. The van der Waals surface area contributed by atoms with E-state index in [1.807, 2.05) is 32.0 Å². The van der Waals surface area contributed by atoms with Gasteiger partial charge < -0.3 is 5.32 Å². The maximum Gasteiger partial charge on any atom is 0.393 e. The average molecular weight is 285 g/mol. The van der Waals surface area contributed by atoms with Crippen LogP contribution >= 0.6 is 0 Å². The molecule has 2 unspecified atom stereocenters. The van der Waals surface area contributed by atoms with Gasteiger partial charge >= 0.3 is 6.18 Å². The second-order valence-corrected chi connectivity index (χ2v) is 5.79. The molecule has 1 aliphatic carbocycles. The van der Waals surface area contributed by atoms with E-state index in [2.05, 4.69) is 5.32 Å². The Hall–Kier alpha value is -1.03. The molecular formula is C16H22F3N. The summed E-state index contributed by atoms with van der Waals surface area (Å²) in [5.74, 6) is -1.19. The zero-order valence-electron chi connectivity index (χ0n) is 12.1. The standard InChI is InChI=1S/C16H22F3N/c1-11-6-5-7-12(2)13(11)10-20-15-9-4-3-8-14(15)16(17,18)19/h5-7,14-15,20H,3-4,8-10H2,1-2H3. The summed E-state index contributed by atoms with van der Waals surface area (Å²) >= 11 is 0. The largest absolute Gasteiger partial charge is 0.393 e. The maximum absolute atomic E-state index is 13.0. The third kappa shape index (κ3) is 3.54. The molecule has 0 saturated heterocycles. The van der Waals surface area contributed by atoms with E-state index in [0.717, 1.165) is 23.1 Å². The summed E-state index contributed by atoms with van der Waals surface area (Å²) in [6.07, 6.45) is -1.63. The van der Waals surface area contributed by atoms with Crippen LogP contribution in [0.4, 0.5) is 13.2 Å². The number of nitrogens with one attached hydrogen (secondary N) is 1. The lowest BCUT2D eigenvalue weighted by atomic mass is 9.84. The highest BCUT2D eigenvalue weighted by Gasteiger charge is 2.45. The fourth-order valence-corrected chi connectivity index (χ4v) is 3.13. The lowest BCUT2D eigenvalue weighted by Gasteiger charge is -2.34. The van der Waals surface area contributed by atoms with E-state index in [4.69, 9.17) is 0 Å². The topological polar surface area (TPSA) is 12.0 Å². The second kappa shape index (κ2) is 6.17. The van der Waals surface area contributed by atoms with Crippen molar-refractivity contribution < 1.29 is 13.2 Å². The van der Waals surface area contributed by atoms with Crippen molar-refractivity contribution in [2.75, 3.05) is 0 Å². The third-order valence-corrected chi connectivity index (χ3v) is 4.37. The van der Waals surface area contributed by atoms with E-state index in [0.29, 0.717) is 19.4 Å². The van der Waals surface area contributed by atoms with Crippen LogP contribution < -0.4 is 5.32 Å². The van der Waals surface area contributed by atoms with Gasteiger partial charge in [-0.25, -0.2) is 0 Å². The Bertz CT molecular complexity index is 433. The Kier molecular flexibility index (Phi) is 4.74. The van der Waals surface area contributed by atoms with E-state index >= 15 is 0 Å². The first kappa shape index (κ1) is 15.4. The van der Waals surface area contributed by atoms with Gasteiger partial charge in [0, 0.05) is 12.6 Å². The van der Waals surface area contributed by atoms with Crippen LogP contribution in [0.3, 0.4) is 0 Å². The summed E-state index contributed by atoms with van der Waals surface area (Å²) in [5.41, 5.74) is 3.40. The van der Waals surface area contributed by atoms with E-state index in [9.17, 15) is 13.2 Å². The van der Waals surface area contributed by atoms with Gasteiger partial charge in [-0.3, -0.25) is 0 Å². The molecule has 20 heavy (non-hydrogen) atoms. The smallest absolute Gasteiger partial charge is 0.309 e. The van der Waals surface area contributed by atoms with E-state index in [1.54, 1.807) is 0 Å². The van der Waals surface area contributed by atoms with Crippen molar-refractivity contribution in [1.29, 1.82) is 0 Å². The van der Waals surface area contributed by atoms with E-state index < -0.39 is 18.1 Å². The Morgan fingerprint density at radius 2 is 1.70 bits per heavy atom. The van der Waals surface area contributed by atoms with Crippen molar-refractivity contribution in [1.82, 2.24) is 5.32 Å². The molecular weight excluding hydrogens is 263 g/mol. The molecule has 1 N–H and O–H groups in total. The van der Waals surface area contributed by atoms with Crippen molar-refractivity contribution in [3.63, 3.8) is 0 Å². The molecule has 1 fully saturated rings. The molecule has 2 rings (SSSR count). The fraction of sp³-hybridized carbons (Fsp3) is 0.625. The van der Waals surface area contributed by atoms with Crippen molar-refractivity contribution >= 4 is 0 Å². The monoisotopic (exact) mass is 285 g/mol. The molecule has 0 bridgehead atoms. The summed E-state index contributed by atoms with van der Waals surface area (Å²) in [6, 6.07) is 5.55. The molecule has 1 nitrogen and oxygen atoms in total. The SMILES string of the molecule is Cc1cccc(C)c1CNC1CCCCC1C(F)(F)F. The number of hydrogen-bond acceptors (Lipinski definition) is 1. The molecule has 112 valence electrons. The highest BCUT2D eigenvalue weighted by Crippen LogP contribution is 2.37. The number of halogens is 3. The van der Waals surface area contributed by atoms with E-state index in [-0.39, 0.29) is 6.42 Å². The molecule has 1 saturated carbocycles. The Labute approximate surface area is 118 Å². The lowest BCUT2D eigenvalue weighted by Crippen LogP contribution is -2.45. The van der Waals surface area contributed by atoms with Crippen LogP contribution in [-0.2, 0) is 6.54 Å². The number of benzene rings is 1. The highest BCUT2D eigenvalue weighted by atomic mass is 19.4. The molecule has 0 amide bonds. The zero-order valence-corrected chi connectivity index (χ0v) is 12.1. The van der Waals surface area contributed by atoms with Gasteiger partial charge in [0.15, 0.2) is 0 Å². The normalized spacial score (nSPS) is 23.9. The second-order valence-electron chi connectivity index (χ2n) is 5.79. The van der Waals surface area contributed by atoms with Crippen LogP contribution in [0.5, 0.6) is 0 Å². The number of alkyl halides is 3. The van der Waals surface area contributed by atoms with Crippen LogP contribution in [0.15, 0.2) is 18.2 Å². The van der Waals surface area contributed by atoms with Gasteiger partial charge in [0.05, 0.1) is 5.92 Å². The Morgan fingerprint density at radius 3 is 2.30 bits per heavy atom. The molecule has 0 aromatic heterocycles. The van der Waals surface area contributed by atoms with Crippen LogP contribution in [0.1, 0.15) is 42.4 Å². The summed E-state index contributed by atoms with van der Waals surface area (Å²) in [6.45, 7) is 4.54. The van der Waals surface area contributed by atoms with Crippen LogP contribution in [0.25, 0.3) is 0 Å². The minimum absolute atomic E-state index is 0.258. The Balaban J connectivity index is 2.05. The van der Waals surface area contributed by atoms with Crippen molar-refractivity contribution in [2.24, 2.45) is 5.92 Å². The Morgan fingerprint density at radius 1 is 1.10 bits per heavy atom. The highest BCUT2D eigenvalue weighted by molar-refractivity contribution is 5.33. The van der Waals surface area contributed by atoms with Crippen molar-refractivity contribution in [3.8, 4) is 0 Å². The van der Waals surface area contributed by atoms with Gasteiger partial charge in [-0.05, 0) is 43.4 Å². The maximum atomic E-state index is 13.0. The molecule has 0 aliphatic heterocycles. The number of hydrogen-bond donors (Lipinski definition) is 1. The summed E-state index contributed by atoms with van der Waals surface area (Å²) in [4.78, 5) is 0. The van der Waals surface area contributed by atoms with Gasteiger partial charge in [-0.1, -0.05) is 31.0 Å². The summed E-state index contributed by atoms with van der Waals surface area (Å²) in [5, 5.41) is 3.16. The molecule has 0 radical (unpaired) electrons. The first-order valence-corrected chi connectivity index (χ1v) is 7.25. The minimum atomic E-state index is -4.08. The minimum Gasteiger partial charge on any atom is -0.309 e. The molecule has 0 spiro atoms. The zero-order chi connectivity index (χ0) is 14.8. The van der Waals surface area contributed by atoms with Gasteiger partial charge in [-0.15, -0.1) is 0 Å². The van der Waals surface area contributed by atoms with Gasteiger partial charge in [0.1, 0.15) is 0 Å². The van der Waals surface area contributed by atoms with E-state index in [1.165, 1.54) is 0 Å². The number of aryl methyl sites for hydroxylation is 2. The van der Waals surface area contributed by atoms with Crippen LogP contribution in [0, 0.1) is 19.8 Å². The molecule has 4 heteroatoms. The van der Waals surface area contributed by atoms with Crippen LogP contribution in [-0.4, -0.2) is 12.2 Å². The average Bonchev–Trinajstić information content (AvgIpc) is 2.37. The van der Waals surface area contributed by atoms with Crippen LogP contribution in [0.2, 0.25) is 0 Å². The fourth-order valence-electron chi connectivity index (χ4n) is 3.13. The molecule has 2 atom stereocenters.